The van der Waals surface area contributed by atoms with E-state index < -0.39 is 11.8 Å². The first-order valence-corrected chi connectivity index (χ1v) is 6.42. The largest absolute Gasteiger partial charge is 0.459 e. The molecule has 0 spiro atoms. The van der Waals surface area contributed by atoms with E-state index in [-0.39, 0.29) is 11.7 Å². The van der Waals surface area contributed by atoms with Gasteiger partial charge in [0.2, 0.25) is 0 Å². The maximum absolute atomic E-state index is 13.9. The molecule has 1 aliphatic rings. The van der Waals surface area contributed by atoms with Crippen LogP contribution in [0.15, 0.2) is 12.1 Å². The molecule has 1 aromatic carbocycles. The Labute approximate surface area is 112 Å². The van der Waals surface area contributed by atoms with E-state index in [0.717, 1.165) is 25.9 Å². The number of ether oxygens (including phenoxy) is 1. The number of carbonyl (C=O) groups excluding carboxylic acids is 1. The summed E-state index contributed by atoms with van der Waals surface area (Å²) in [6.07, 6.45) is 1.43. The highest BCUT2D eigenvalue weighted by Crippen LogP contribution is 2.20. The van der Waals surface area contributed by atoms with E-state index >= 15 is 0 Å². The monoisotopic (exact) mass is 266 g/mol. The number of piperidine rings is 1. The summed E-state index contributed by atoms with van der Waals surface area (Å²) in [7, 11) is 2.03. The van der Waals surface area contributed by atoms with Crippen LogP contribution in [0.5, 0.6) is 0 Å². The molecule has 1 aliphatic heterocycles. The highest BCUT2D eigenvalue weighted by atomic mass is 19.1. The van der Waals surface area contributed by atoms with E-state index in [1.54, 1.807) is 6.92 Å². The Kier molecular flexibility index (Phi) is 4.04. The van der Waals surface area contributed by atoms with E-state index in [0.29, 0.717) is 11.3 Å². The molecule has 0 aliphatic carbocycles. The first-order chi connectivity index (χ1) is 8.97. The number of nitrogens with two attached hydrogens (primary N) is 1. The minimum atomic E-state index is -0.623. The maximum Gasteiger partial charge on any atom is 0.341 e. The van der Waals surface area contributed by atoms with Crippen molar-refractivity contribution in [1.29, 1.82) is 0 Å². The third-order valence-corrected chi connectivity index (χ3v) is 3.44. The molecule has 0 bridgehead atoms. The lowest BCUT2D eigenvalue weighted by molar-refractivity contribution is 0.0134. The summed E-state index contributed by atoms with van der Waals surface area (Å²) in [5, 5.41) is 0. The van der Waals surface area contributed by atoms with Gasteiger partial charge in [0.05, 0.1) is 5.56 Å². The number of rotatable bonds is 2. The van der Waals surface area contributed by atoms with Gasteiger partial charge in [0.25, 0.3) is 0 Å². The van der Waals surface area contributed by atoms with Gasteiger partial charge in [0, 0.05) is 18.8 Å². The van der Waals surface area contributed by atoms with Crippen LogP contribution < -0.4 is 5.73 Å². The first kappa shape index (κ1) is 13.8. The average Bonchev–Trinajstić information content (AvgIpc) is 2.36. The van der Waals surface area contributed by atoms with Crippen LogP contribution in [0.4, 0.5) is 10.1 Å². The fourth-order valence-corrected chi connectivity index (χ4v) is 2.26. The molecular weight excluding hydrogens is 247 g/mol. The van der Waals surface area contributed by atoms with Crippen LogP contribution in [0.3, 0.4) is 0 Å². The van der Waals surface area contributed by atoms with Gasteiger partial charge in [-0.3, -0.25) is 0 Å². The van der Waals surface area contributed by atoms with E-state index in [4.69, 9.17) is 10.5 Å². The van der Waals surface area contributed by atoms with Crippen molar-refractivity contribution >= 4 is 11.7 Å². The van der Waals surface area contributed by atoms with Gasteiger partial charge in [-0.25, -0.2) is 9.18 Å². The predicted molar refractivity (Wildman–Crippen MR) is 71.5 cm³/mol. The topological polar surface area (TPSA) is 55.6 Å². The number of hydrogen-bond acceptors (Lipinski definition) is 4. The molecule has 1 aromatic rings. The lowest BCUT2D eigenvalue weighted by atomic mass is 10.1. The lowest BCUT2D eigenvalue weighted by Crippen LogP contribution is -2.35. The molecule has 0 atom stereocenters. The molecule has 0 radical (unpaired) electrons. The van der Waals surface area contributed by atoms with Gasteiger partial charge in [0.1, 0.15) is 11.9 Å². The Balaban J connectivity index is 2.08. The highest BCUT2D eigenvalue weighted by Gasteiger charge is 2.23. The second-order valence-electron chi connectivity index (χ2n) is 5.11. The van der Waals surface area contributed by atoms with E-state index in [2.05, 4.69) is 4.90 Å². The summed E-state index contributed by atoms with van der Waals surface area (Å²) in [6.45, 7) is 3.35. The van der Waals surface area contributed by atoms with Crippen LogP contribution in [0.2, 0.25) is 0 Å². The zero-order valence-electron chi connectivity index (χ0n) is 11.3. The van der Waals surface area contributed by atoms with E-state index in [9.17, 15) is 9.18 Å². The molecule has 1 fully saturated rings. The standard InChI is InChI=1S/C14H19FN2O2/c1-9-7-10(16)8-12(13(9)15)14(18)19-11-3-5-17(2)6-4-11/h7-8,11H,3-6,16H2,1-2H3. The normalized spacial score (nSPS) is 17.4. The molecular formula is C14H19FN2O2. The third-order valence-electron chi connectivity index (χ3n) is 3.44. The van der Waals surface area contributed by atoms with Crippen molar-refractivity contribution in [2.24, 2.45) is 0 Å². The Morgan fingerprint density at radius 1 is 1.42 bits per heavy atom. The summed E-state index contributed by atoms with van der Waals surface area (Å²) >= 11 is 0. The number of hydrogen-bond donors (Lipinski definition) is 1. The summed E-state index contributed by atoms with van der Waals surface area (Å²) in [6, 6.07) is 2.83. The fourth-order valence-electron chi connectivity index (χ4n) is 2.26. The Morgan fingerprint density at radius 3 is 2.68 bits per heavy atom. The molecule has 5 heteroatoms. The van der Waals surface area contributed by atoms with Gasteiger partial charge in [0.15, 0.2) is 0 Å². The molecule has 104 valence electrons. The second kappa shape index (κ2) is 5.57. The molecule has 2 rings (SSSR count). The number of benzene rings is 1. The minimum absolute atomic E-state index is 0.0728. The summed E-state index contributed by atoms with van der Waals surface area (Å²) in [4.78, 5) is 14.2. The summed E-state index contributed by atoms with van der Waals surface area (Å²) < 4.78 is 19.2. The molecule has 0 unspecified atom stereocenters. The number of likely N-dealkylation sites (tertiary alicyclic amines) is 1. The number of anilines is 1. The van der Waals surface area contributed by atoms with Crippen molar-refractivity contribution in [2.45, 2.75) is 25.9 Å². The zero-order valence-corrected chi connectivity index (χ0v) is 11.3. The van der Waals surface area contributed by atoms with Crippen molar-refractivity contribution in [3.63, 3.8) is 0 Å². The number of halogens is 1. The van der Waals surface area contributed by atoms with Crippen molar-refractivity contribution in [2.75, 3.05) is 25.9 Å². The molecule has 1 heterocycles. The van der Waals surface area contributed by atoms with Crippen molar-refractivity contribution < 1.29 is 13.9 Å². The second-order valence-corrected chi connectivity index (χ2v) is 5.11. The smallest absolute Gasteiger partial charge is 0.341 e. The van der Waals surface area contributed by atoms with Gasteiger partial charge in [-0.15, -0.1) is 0 Å². The van der Waals surface area contributed by atoms with Crippen LogP contribution in [-0.2, 0) is 4.74 Å². The number of nitrogens with zero attached hydrogens (tertiary/aromatic N) is 1. The number of carbonyl (C=O) groups is 1. The van der Waals surface area contributed by atoms with Crippen LogP contribution in [0.1, 0.15) is 28.8 Å². The van der Waals surface area contributed by atoms with Gasteiger partial charge < -0.3 is 15.4 Å². The van der Waals surface area contributed by atoms with Crippen molar-refractivity contribution in [3.8, 4) is 0 Å². The number of aryl methyl sites for hydroxylation is 1. The quantitative estimate of drug-likeness (QED) is 0.657. The van der Waals surface area contributed by atoms with Crippen LogP contribution in [0, 0.1) is 12.7 Å². The van der Waals surface area contributed by atoms with Gasteiger partial charge in [-0.1, -0.05) is 0 Å². The molecule has 4 nitrogen and oxygen atoms in total. The fraction of sp³-hybridized carbons (Fsp3) is 0.500. The van der Waals surface area contributed by atoms with E-state index in [1.165, 1.54) is 12.1 Å². The number of esters is 1. The van der Waals surface area contributed by atoms with Gasteiger partial charge in [-0.05, 0) is 44.5 Å². The Bertz CT molecular complexity index is 483. The predicted octanol–water partition coefficient (Wildman–Crippen LogP) is 1.97. The van der Waals surface area contributed by atoms with Crippen LogP contribution in [0.25, 0.3) is 0 Å². The zero-order chi connectivity index (χ0) is 14.0. The van der Waals surface area contributed by atoms with Gasteiger partial charge in [-0.2, -0.15) is 0 Å². The first-order valence-electron chi connectivity index (χ1n) is 6.42. The molecule has 0 aromatic heterocycles. The Morgan fingerprint density at radius 2 is 2.05 bits per heavy atom. The van der Waals surface area contributed by atoms with Crippen molar-refractivity contribution in [3.05, 3.63) is 29.1 Å². The summed E-state index contributed by atoms with van der Waals surface area (Å²) in [5.41, 5.74) is 6.29. The molecule has 2 N–H and O–H groups in total. The third kappa shape index (κ3) is 3.23. The van der Waals surface area contributed by atoms with Crippen LogP contribution in [-0.4, -0.2) is 37.1 Å². The maximum atomic E-state index is 13.9. The lowest BCUT2D eigenvalue weighted by Gasteiger charge is -2.28. The SMILES string of the molecule is Cc1cc(N)cc(C(=O)OC2CCN(C)CC2)c1F. The Hall–Kier alpha value is -1.62. The van der Waals surface area contributed by atoms with E-state index in [1.807, 2.05) is 7.05 Å². The van der Waals surface area contributed by atoms with Crippen molar-refractivity contribution in [1.82, 2.24) is 4.90 Å². The number of nitrogen functional groups attached to an aromatic ring is 1. The molecule has 19 heavy (non-hydrogen) atoms. The molecule has 1 saturated heterocycles. The summed E-state index contributed by atoms with van der Waals surface area (Å²) in [5.74, 6) is -1.17. The highest BCUT2D eigenvalue weighted by molar-refractivity contribution is 5.91. The van der Waals surface area contributed by atoms with Crippen LogP contribution >= 0.6 is 0 Å². The minimum Gasteiger partial charge on any atom is -0.459 e. The molecule has 0 amide bonds. The molecule has 0 saturated carbocycles. The van der Waals surface area contributed by atoms with Gasteiger partial charge >= 0.3 is 5.97 Å². The average molecular weight is 266 g/mol.